The van der Waals surface area contributed by atoms with Crippen LogP contribution in [-0.2, 0) is 6.54 Å². The Morgan fingerprint density at radius 1 is 1.11 bits per heavy atom. The van der Waals surface area contributed by atoms with Crippen molar-refractivity contribution in [1.82, 2.24) is 14.5 Å². The molecular weight excluding hydrogens is 452 g/mol. The van der Waals surface area contributed by atoms with Gasteiger partial charge in [0.1, 0.15) is 11.6 Å². The average molecular weight is 491 g/mol. The minimum atomic E-state index is -0.414. The van der Waals surface area contributed by atoms with Crippen molar-refractivity contribution in [2.45, 2.75) is 53.6 Å². The Hall–Kier alpha value is -3.45. The molecule has 3 rings (SSSR count). The molecule has 0 aliphatic heterocycles. The number of methoxy groups -OCH3 is 1. The van der Waals surface area contributed by atoms with Crippen LogP contribution in [0.2, 0.25) is 0 Å². The number of ether oxygens (including phenoxy) is 1. The van der Waals surface area contributed by atoms with Crippen molar-refractivity contribution in [3.05, 3.63) is 92.7 Å². The van der Waals surface area contributed by atoms with Gasteiger partial charge in [0.25, 0.3) is 11.5 Å². The van der Waals surface area contributed by atoms with Crippen molar-refractivity contribution in [1.29, 1.82) is 0 Å². The minimum Gasteiger partial charge on any atom is -0.497 e. The van der Waals surface area contributed by atoms with E-state index in [1.165, 1.54) is 0 Å². The first kappa shape index (κ1) is 27.1. The molecule has 2 aromatic carbocycles. The van der Waals surface area contributed by atoms with E-state index in [0.717, 1.165) is 16.9 Å². The first-order chi connectivity index (χ1) is 17.2. The number of rotatable bonds is 10. The Labute approximate surface area is 213 Å². The Balaban J connectivity index is 2.18. The fourth-order valence-corrected chi connectivity index (χ4v) is 4.40. The fraction of sp³-hybridized carbons (Fsp3) is 0.414. The largest absolute Gasteiger partial charge is 0.497 e. The van der Waals surface area contributed by atoms with Crippen LogP contribution in [0, 0.1) is 26.7 Å². The van der Waals surface area contributed by atoms with Gasteiger partial charge in [0.2, 0.25) is 0 Å². The van der Waals surface area contributed by atoms with E-state index in [1.54, 1.807) is 18.6 Å². The van der Waals surface area contributed by atoms with Crippen molar-refractivity contribution >= 4 is 5.91 Å². The summed E-state index contributed by atoms with van der Waals surface area (Å²) in [5, 5.41) is 0. The lowest BCUT2D eigenvalue weighted by molar-refractivity contribution is 0.0601. The minimum absolute atomic E-state index is 0.00254. The molecule has 36 heavy (non-hydrogen) atoms. The van der Waals surface area contributed by atoms with E-state index >= 15 is 0 Å². The number of amides is 1. The molecule has 7 heteroatoms. The lowest BCUT2D eigenvalue weighted by Crippen LogP contribution is -2.43. The van der Waals surface area contributed by atoms with Gasteiger partial charge in [-0.05, 0) is 69.5 Å². The maximum Gasteiger partial charge on any atom is 0.257 e. The lowest BCUT2D eigenvalue weighted by Gasteiger charge is -2.36. The molecule has 0 saturated carbocycles. The van der Waals surface area contributed by atoms with Gasteiger partial charge in [-0.1, -0.05) is 43.7 Å². The molecule has 0 aliphatic rings. The van der Waals surface area contributed by atoms with Crippen LogP contribution in [0.4, 0.5) is 0 Å². The van der Waals surface area contributed by atoms with Gasteiger partial charge in [0.05, 0.1) is 19.7 Å². The second-order valence-electron chi connectivity index (χ2n) is 9.62. The van der Waals surface area contributed by atoms with Crippen LogP contribution in [0.3, 0.4) is 0 Å². The van der Waals surface area contributed by atoms with E-state index in [1.807, 2.05) is 67.3 Å². The number of nitrogens with two attached hydrogens (primary N) is 1. The molecule has 1 atom stereocenters. The van der Waals surface area contributed by atoms with Crippen LogP contribution >= 0.6 is 0 Å². The van der Waals surface area contributed by atoms with Gasteiger partial charge < -0.3 is 15.4 Å². The number of hydrogen-bond donors (Lipinski definition) is 1. The van der Waals surface area contributed by atoms with Crippen LogP contribution in [0.1, 0.15) is 64.9 Å². The highest BCUT2D eigenvalue weighted by Gasteiger charge is 2.32. The number of nitrogens with zero attached hydrogens (tertiary/aromatic N) is 3. The molecule has 0 aliphatic carbocycles. The molecular formula is C29H38N4O3. The van der Waals surface area contributed by atoms with Crippen LogP contribution in [-0.4, -0.2) is 40.6 Å². The van der Waals surface area contributed by atoms with Gasteiger partial charge in [0.15, 0.2) is 0 Å². The van der Waals surface area contributed by atoms with Crippen molar-refractivity contribution in [3.8, 4) is 5.75 Å². The summed E-state index contributed by atoms with van der Waals surface area (Å²) in [6.45, 7) is 11.0. The summed E-state index contributed by atoms with van der Waals surface area (Å²) >= 11 is 0. The number of benzene rings is 2. The van der Waals surface area contributed by atoms with Gasteiger partial charge in [-0.2, -0.15) is 0 Å². The number of aryl methyl sites for hydroxylation is 2. The third kappa shape index (κ3) is 6.02. The van der Waals surface area contributed by atoms with E-state index in [0.29, 0.717) is 48.7 Å². The summed E-state index contributed by atoms with van der Waals surface area (Å²) in [7, 11) is 1.62. The van der Waals surface area contributed by atoms with Crippen molar-refractivity contribution in [3.63, 3.8) is 0 Å². The smallest absolute Gasteiger partial charge is 0.257 e. The predicted octanol–water partition coefficient (Wildman–Crippen LogP) is 4.41. The second-order valence-corrected chi connectivity index (χ2v) is 9.62. The van der Waals surface area contributed by atoms with E-state index < -0.39 is 6.04 Å². The summed E-state index contributed by atoms with van der Waals surface area (Å²) in [6.07, 6.45) is 0.645. The quantitative estimate of drug-likeness (QED) is 0.455. The third-order valence-electron chi connectivity index (χ3n) is 6.54. The molecule has 1 aromatic heterocycles. The van der Waals surface area contributed by atoms with Crippen LogP contribution in [0.25, 0.3) is 0 Å². The third-order valence-corrected chi connectivity index (χ3v) is 6.54. The molecule has 2 N–H and O–H groups in total. The average Bonchev–Trinajstić information content (AvgIpc) is 2.87. The Kier molecular flexibility index (Phi) is 9.04. The molecule has 0 fully saturated rings. The van der Waals surface area contributed by atoms with E-state index in [2.05, 4.69) is 13.8 Å². The SMILES string of the molecule is COc1cccc(Cn2c(C(C(C)C)N(CCCN)C(=O)c3ccc(C)cc3)nc(C)c(C)c2=O)c1. The molecule has 192 valence electrons. The molecule has 0 bridgehead atoms. The Morgan fingerprint density at radius 3 is 2.42 bits per heavy atom. The van der Waals surface area contributed by atoms with Crippen molar-refractivity contribution in [2.75, 3.05) is 20.2 Å². The molecule has 3 aromatic rings. The highest BCUT2D eigenvalue weighted by atomic mass is 16.5. The lowest BCUT2D eigenvalue weighted by atomic mass is 9.98. The molecule has 1 amide bonds. The van der Waals surface area contributed by atoms with Gasteiger partial charge in [-0.15, -0.1) is 0 Å². The monoisotopic (exact) mass is 490 g/mol. The van der Waals surface area contributed by atoms with Gasteiger partial charge in [-0.3, -0.25) is 14.2 Å². The molecule has 0 spiro atoms. The zero-order valence-corrected chi connectivity index (χ0v) is 22.2. The molecule has 0 saturated heterocycles. The normalized spacial score (nSPS) is 12.0. The molecule has 1 unspecified atom stereocenters. The van der Waals surface area contributed by atoms with Crippen LogP contribution < -0.4 is 16.0 Å². The molecule has 7 nitrogen and oxygen atoms in total. The fourth-order valence-electron chi connectivity index (χ4n) is 4.40. The Morgan fingerprint density at radius 2 is 1.81 bits per heavy atom. The highest BCUT2D eigenvalue weighted by Crippen LogP contribution is 2.30. The number of hydrogen-bond acceptors (Lipinski definition) is 5. The topological polar surface area (TPSA) is 90.4 Å². The number of carbonyl (C=O) groups excluding carboxylic acids is 1. The van der Waals surface area contributed by atoms with E-state index in [9.17, 15) is 9.59 Å². The maximum atomic E-state index is 13.8. The summed E-state index contributed by atoms with van der Waals surface area (Å²) in [5.41, 5.74) is 9.64. The summed E-state index contributed by atoms with van der Waals surface area (Å²) in [5.74, 6) is 1.21. The zero-order chi connectivity index (χ0) is 26.4. The predicted molar refractivity (Wildman–Crippen MR) is 144 cm³/mol. The van der Waals surface area contributed by atoms with Gasteiger partial charge in [0, 0.05) is 23.4 Å². The summed E-state index contributed by atoms with van der Waals surface area (Å²) in [6, 6.07) is 14.8. The van der Waals surface area contributed by atoms with Crippen LogP contribution in [0.5, 0.6) is 5.75 Å². The number of carbonyl (C=O) groups is 1. The standard InChI is InChI=1S/C29H38N4O3/c1-19(2)26(32(16-8-15-30)29(35)24-13-11-20(3)12-14-24)27-31-22(5)21(4)28(34)33(27)18-23-9-7-10-25(17-23)36-6/h7,9-14,17,19,26H,8,15-16,18,30H2,1-6H3. The Bertz CT molecular complexity index is 1250. The molecule has 0 radical (unpaired) electrons. The van der Waals surface area contributed by atoms with Gasteiger partial charge >= 0.3 is 0 Å². The zero-order valence-electron chi connectivity index (χ0n) is 22.2. The van der Waals surface area contributed by atoms with Gasteiger partial charge in [-0.25, -0.2) is 4.98 Å². The first-order valence-electron chi connectivity index (χ1n) is 12.5. The van der Waals surface area contributed by atoms with E-state index in [4.69, 9.17) is 15.5 Å². The van der Waals surface area contributed by atoms with Crippen LogP contribution in [0.15, 0.2) is 53.3 Å². The van der Waals surface area contributed by atoms with Crippen molar-refractivity contribution < 1.29 is 9.53 Å². The second kappa shape index (κ2) is 12.0. The summed E-state index contributed by atoms with van der Waals surface area (Å²) in [4.78, 5) is 34.2. The number of aromatic nitrogens is 2. The van der Waals surface area contributed by atoms with E-state index in [-0.39, 0.29) is 17.4 Å². The summed E-state index contributed by atoms with van der Waals surface area (Å²) < 4.78 is 7.09. The highest BCUT2D eigenvalue weighted by molar-refractivity contribution is 5.94. The molecule has 1 heterocycles. The van der Waals surface area contributed by atoms with Crippen molar-refractivity contribution in [2.24, 2.45) is 11.7 Å². The first-order valence-corrected chi connectivity index (χ1v) is 12.5. The maximum absolute atomic E-state index is 13.8.